The largest absolute Gasteiger partial charge is 0.353 e. The van der Waals surface area contributed by atoms with Crippen LogP contribution in [0.3, 0.4) is 0 Å². The number of carbonyl (C=O) groups excluding carboxylic acids is 1. The summed E-state index contributed by atoms with van der Waals surface area (Å²) in [5.41, 5.74) is 0. The Balaban J connectivity index is 1.53. The van der Waals surface area contributed by atoms with Gasteiger partial charge in [0.15, 0.2) is 0 Å². The number of amides is 1. The predicted molar refractivity (Wildman–Crippen MR) is 85.9 cm³/mol. The van der Waals surface area contributed by atoms with Crippen LogP contribution in [-0.4, -0.2) is 63.0 Å². The zero-order chi connectivity index (χ0) is 16.1. The smallest absolute Gasteiger partial charge is 0.243 e. The number of piperazine rings is 1. The summed E-state index contributed by atoms with van der Waals surface area (Å²) in [5.74, 6) is 1.12. The lowest BCUT2D eigenvalue weighted by molar-refractivity contribution is -0.120. The monoisotopic (exact) mass is 313 g/mol. The van der Waals surface area contributed by atoms with Crippen molar-refractivity contribution < 1.29 is 4.79 Å². The molecule has 8 heteroatoms. The van der Waals surface area contributed by atoms with Gasteiger partial charge in [-0.2, -0.15) is 0 Å². The molecule has 0 radical (unpaired) electrons. The molecule has 1 fully saturated rings. The zero-order valence-corrected chi connectivity index (χ0v) is 13.0. The minimum absolute atomic E-state index is 0.0934. The highest BCUT2D eigenvalue weighted by atomic mass is 16.2. The molecule has 1 saturated heterocycles. The van der Waals surface area contributed by atoms with E-state index in [2.05, 4.69) is 35.1 Å². The lowest BCUT2D eigenvalue weighted by atomic mass is 10.2. The number of aromatic nitrogens is 4. The van der Waals surface area contributed by atoms with Gasteiger partial charge in [-0.1, -0.05) is 0 Å². The molecule has 0 bridgehead atoms. The molecule has 0 spiro atoms. The van der Waals surface area contributed by atoms with E-state index in [1.165, 1.54) is 0 Å². The maximum atomic E-state index is 12.3. The van der Waals surface area contributed by atoms with Crippen molar-refractivity contribution in [1.82, 2.24) is 24.8 Å². The number of rotatable bonds is 4. The molecule has 0 unspecified atom stereocenters. The van der Waals surface area contributed by atoms with Crippen LogP contribution in [0.15, 0.2) is 37.1 Å². The van der Waals surface area contributed by atoms with E-state index >= 15 is 0 Å². The topological polar surface area (TPSA) is 87.1 Å². The summed E-state index contributed by atoms with van der Waals surface area (Å²) >= 11 is 0. The van der Waals surface area contributed by atoms with Gasteiger partial charge in [0.2, 0.25) is 11.9 Å². The third-order valence-electron chi connectivity index (χ3n) is 3.92. The standard InChI is InChI=1S/C15H19N7O/c1-12(14(23)20-15-18-3-2-4-19-15)21-7-9-22(10-8-21)13-11-16-5-6-17-13/h2-6,11-12H,7-10H2,1H3,(H,18,19,20,23)/t12-/m1/s1. The summed E-state index contributed by atoms with van der Waals surface area (Å²) in [6.45, 7) is 5.12. The Morgan fingerprint density at radius 2 is 1.83 bits per heavy atom. The number of hydrogen-bond acceptors (Lipinski definition) is 7. The Kier molecular flexibility index (Phi) is 4.72. The highest BCUT2D eigenvalue weighted by molar-refractivity contribution is 5.93. The molecule has 0 aliphatic carbocycles. The molecule has 120 valence electrons. The first-order valence-electron chi connectivity index (χ1n) is 7.57. The summed E-state index contributed by atoms with van der Waals surface area (Å²) in [6.07, 6.45) is 8.33. The SMILES string of the molecule is C[C@H](C(=O)Nc1ncccn1)N1CCN(c2cnccn2)CC1. The molecule has 1 atom stereocenters. The Hall–Kier alpha value is -2.61. The molecule has 2 aromatic rings. The number of nitrogens with one attached hydrogen (secondary N) is 1. The molecule has 0 saturated carbocycles. The summed E-state index contributed by atoms with van der Waals surface area (Å²) in [5, 5.41) is 2.74. The lowest BCUT2D eigenvalue weighted by Gasteiger charge is -2.37. The van der Waals surface area contributed by atoms with Crippen molar-refractivity contribution in [2.45, 2.75) is 13.0 Å². The molecule has 3 heterocycles. The number of anilines is 2. The van der Waals surface area contributed by atoms with Crippen LogP contribution >= 0.6 is 0 Å². The van der Waals surface area contributed by atoms with Crippen molar-refractivity contribution in [2.75, 3.05) is 36.4 Å². The first-order valence-corrected chi connectivity index (χ1v) is 7.57. The maximum Gasteiger partial charge on any atom is 0.243 e. The average molecular weight is 313 g/mol. The Morgan fingerprint density at radius 1 is 1.09 bits per heavy atom. The first kappa shape index (κ1) is 15.3. The number of nitrogens with zero attached hydrogens (tertiary/aromatic N) is 6. The molecule has 1 N–H and O–H groups in total. The fourth-order valence-corrected chi connectivity index (χ4v) is 2.54. The van der Waals surface area contributed by atoms with Crippen molar-refractivity contribution >= 4 is 17.7 Å². The third-order valence-corrected chi connectivity index (χ3v) is 3.92. The van der Waals surface area contributed by atoms with E-state index in [4.69, 9.17) is 0 Å². The molecule has 1 aliphatic heterocycles. The van der Waals surface area contributed by atoms with Crippen LogP contribution in [0.1, 0.15) is 6.92 Å². The van der Waals surface area contributed by atoms with Gasteiger partial charge in [0.05, 0.1) is 12.2 Å². The van der Waals surface area contributed by atoms with E-state index in [-0.39, 0.29) is 11.9 Å². The van der Waals surface area contributed by atoms with Gasteiger partial charge in [-0.05, 0) is 13.0 Å². The van der Waals surface area contributed by atoms with Crippen LogP contribution in [0.2, 0.25) is 0 Å². The summed E-state index contributed by atoms with van der Waals surface area (Å²) in [4.78, 5) is 33.0. The van der Waals surface area contributed by atoms with Gasteiger partial charge >= 0.3 is 0 Å². The van der Waals surface area contributed by atoms with Gasteiger partial charge in [0.25, 0.3) is 0 Å². The minimum atomic E-state index is -0.234. The van der Waals surface area contributed by atoms with Gasteiger partial charge in [0.1, 0.15) is 5.82 Å². The molecular weight excluding hydrogens is 294 g/mol. The van der Waals surface area contributed by atoms with E-state index in [0.29, 0.717) is 5.95 Å². The van der Waals surface area contributed by atoms with E-state index < -0.39 is 0 Å². The molecule has 1 amide bonds. The van der Waals surface area contributed by atoms with Crippen molar-refractivity contribution in [2.24, 2.45) is 0 Å². The van der Waals surface area contributed by atoms with Crippen molar-refractivity contribution in [3.63, 3.8) is 0 Å². The van der Waals surface area contributed by atoms with E-state index in [1.54, 1.807) is 37.1 Å². The Bertz CT molecular complexity index is 629. The molecule has 3 rings (SSSR count). The van der Waals surface area contributed by atoms with Gasteiger partial charge in [-0.3, -0.25) is 20.0 Å². The number of carbonyl (C=O) groups is 1. The van der Waals surface area contributed by atoms with Crippen molar-refractivity contribution in [3.8, 4) is 0 Å². The van der Waals surface area contributed by atoms with Crippen LogP contribution in [0.25, 0.3) is 0 Å². The zero-order valence-electron chi connectivity index (χ0n) is 13.0. The Labute approximate surface area is 134 Å². The average Bonchev–Trinajstić information content (AvgIpc) is 2.63. The second-order valence-corrected chi connectivity index (χ2v) is 5.32. The fourth-order valence-electron chi connectivity index (χ4n) is 2.54. The second kappa shape index (κ2) is 7.10. The highest BCUT2D eigenvalue weighted by Crippen LogP contribution is 2.13. The van der Waals surface area contributed by atoms with Crippen LogP contribution in [0.5, 0.6) is 0 Å². The first-order chi connectivity index (χ1) is 11.2. The summed E-state index contributed by atoms with van der Waals surface area (Å²) in [7, 11) is 0. The second-order valence-electron chi connectivity index (χ2n) is 5.32. The highest BCUT2D eigenvalue weighted by Gasteiger charge is 2.26. The van der Waals surface area contributed by atoms with E-state index in [1.807, 2.05) is 6.92 Å². The van der Waals surface area contributed by atoms with Gasteiger partial charge < -0.3 is 4.90 Å². The number of hydrogen-bond donors (Lipinski definition) is 1. The van der Waals surface area contributed by atoms with E-state index in [0.717, 1.165) is 32.0 Å². The molecular formula is C15H19N7O. The molecule has 1 aliphatic rings. The van der Waals surface area contributed by atoms with Crippen LogP contribution in [0, 0.1) is 0 Å². The molecule has 0 aromatic carbocycles. The van der Waals surface area contributed by atoms with Crippen LogP contribution in [-0.2, 0) is 4.79 Å². The summed E-state index contributed by atoms with van der Waals surface area (Å²) in [6, 6.07) is 1.48. The lowest BCUT2D eigenvalue weighted by Crippen LogP contribution is -2.53. The molecule has 8 nitrogen and oxygen atoms in total. The molecule has 2 aromatic heterocycles. The van der Waals surface area contributed by atoms with Gasteiger partial charge in [-0.15, -0.1) is 0 Å². The summed E-state index contributed by atoms with van der Waals surface area (Å²) < 4.78 is 0. The Morgan fingerprint density at radius 3 is 2.48 bits per heavy atom. The van der Waals surface area contributed by atoms with Crippen molar-refractivity contribution in [1.29, 1.82) is 0 Å². The van der Waals surface area contributed by atoms with Gasteiger partial charge in [0, 0.05) is 51.0 Å². The van der Waals surface area contributed by atoms with Crippen molar-refractivity contribution in [3.05, 3.63) is 37.1 Å². The quantitative estimate of drug-likeness (QED) is 0.875. The normalized spacial score (nSPS) is 16.8. The van der Waals surface area contributed by atoms with E-state index in [9.17, 15) is 4.79 Å². The fraction of sp³-hybridized carbons (Fsp3) is 0.400. The molecule has 23 heavy (non-hydrogen) atoms. The van der Waals surface area contributed by atoms with Crippen LogP contribution < -0.4 is 10.2 Å². The van der Waals surface area contributed by atoms with Crippen LogP contribution in [0.4, 0.5) is 11.8 Å². The maximum absolute atomic E-state index is 12.3. The third kappa shape index (κ3) is 3.78. The minimum Gasteiger partial charge on any atom is -0.353 e. The predicted octanol–water partition coefficient (Wildman–Crippen LogP) is 0.416. The van der Waals surface area contributed by atoms with Gasteiger partial charge in [-0.25, -0.2) is 15.0 Å².